The number of rotatable bonds is 3. The summed E-state index contributed by atoms with van der Waals surface area (Å²) >= 11 is 8.89. The molecule has 0 aliphatic rings. The van der Waals surface area contributed by atoms with Gasteiger partial charge < -0.3 is 4.74 Å². The van der Waals surface area contributed by atoms with Crippen LogP contribution in [0.2, 0.25) is 0 Å². The van der Waals surface area contributed by atoms with Gasteiger partial charge in [-0.1, -0.05) is 15.9 Å². The summed E-state index contributed by atoms with van der Waals surface area (Å²) in [6, 6.07) is 0. The van der Waals surface area contributed by atoms with Gasteiger partial charge in [0.1, 0.15) is 4.29 Å². The minimum Gasteiger partial charge on any atom is -0.493 e. The van der Waals surface area contributed by atoms with Crippen LogP contribution in [-0.4, -0.2) is 21.2 Å². The van der Waals surface area contributed by atoms with Crippen LogP contribution < -0.4 is 4.74 Å². The predicted octanol–water partition coefficient (Wildman–Crippen LogP) is 1.85. The molecule has 1 aromatic rings. The number of methoxy groups -OCH3 is 1. The zero-order valence-electron chi connectivity index (χ0n) is 6.00. The molecule has 0 bridgehead atoms. The second kappa shape index (κ2) is 3.97. The maximum atomic E-state index is 5.68. The van der Waals surface area contributed by atoms with Crippen LogP contribution >= 0.6 is 27.5 Å². The van der Waals surface area contributed by atoms with Crippen molar-refractivity contribution < 1.29 is 4.74 Å². The number of ether oxygens (including phenoxy) is 1. The Kier molecular flexibility index (Phi) is 3.20. The number of aromatic nitrogens is 2. The minimum atomic E-state index is -0.0906. The third-order valence-corrected chi connectivity index (χ3v) is 1.60. The Bertz CT molecular complexity index is 226. The Morgan fingerprint density at radius 3 is 3.09 bits per heavy atom. The summed E-state index contributed by atoms with van der Waals surface area (Å²) in [7, 11) is 1.60. The minimum absolute atomic E-state index is 0.0906. The molecule has 62 valence electrons. The van der Waals surface area contributed by atoms with Crippen molar-refractivity contribution in [2.45, 2.75) is 10.8 Å². The molecule has 1 unspecified atom stereocenters. The van der Waals surface area contributed by atoms with Crippen molar-refractivity contribution in [3.8, 4) is 5.75 Å². The van der Waals surface area contributed by atoms with Crippen LogP contribution in [0.4, 0.5) is 0 Å². The van der Waals surface area contributed by atoms with Crippen LogP contribution in [0, 0.1) is 0 Å². The molecular weight excluding hydrogens is 231 g/mol. The van der Waals surface area contributed by atoms with E-state index in [1.807, 2.05) is 0 Å². The molecule has 0 spiro atoms. The second-order valence-electron chi connectivity index (χ2n) is 1.99. The smallest absolute Gasteiger partial charge is 0.156 e. The van der Waals surface area contributed by atoms with E-state index in [1.54, 1.807) is 24.2 Å². The maximum Gasteiger partial charge on any atom is 0.156 e. The van der Waals surface area contributed by atoms with Gasteiger partial charge in [0.25, 0.3) is 0 Å². The van der Waals surface area contributed by atoms with Gasteiger partial charge >= 0.3 is 0 Å². The lowest BCUT2D eigenvalue weighted by Crippen LogP contribution is -2.03. The van der Waals surface area contributed by atoms with Gasteiger partial charge in [-0.15, -0.1) is 11.6 Å². The third-order valence-electron chi connectivity index (χ3n) is 1.17. The van der Waals surface area contributed by atoms with Gasteiger partial charge in [0.2, 0.25) is 0 Å². The lowest BCUT2D eigenvalue weighted by atomic mass is 10.6. The molecule has 5 heteroatoms. The highest BCUT2D eigenvalue weighted by Gasteiger charge is 2.01. The first-order valence-electron chi connectivity index (χ1n) is 3.07. The molecule has 0 N–H and O–H groups in total. The topological polar surface area (TPSA) is 27.1 Å². The normalized spacial score (nSPS) is 13.0. The van der Waals surface area contributed by atoms with E-state index in [1.165, 1.54) is 0 Å². The Hall–Kier alpha value is -0.220. The van der Waals surface area contributed by atoms with Crippen molar-refractivity contribution in [2.24, 2.45) is 0 Å². The van der Waals surface area contributed by atoms with Gasteiger partial charge in [0.05, 0.1) is 26.0 Å². The molecule has 3 nitrogen and oxygen atoms in total. The summed E-state index contributed by atoms with van der Waals surface area (Å²) < 4.78 is 6.56. The van der Waals surface area contributed by atoms with E-state index >= 15 is 0 Å². The molecule has 0 saturated carbocycles. The van der Waals surface area contributed by atoms with E-state index < -0.39 is 0 Å². The highest BCUT2D eigenvalue weighted by molar-refractivity contribution is 9.10. The zero-order chi connectivity index (χ0) is 8.27. The average Bonchev–Trinajstić information content (AvgIpc) is 2.34. The number of nitrogens with zero attached hydrogens (tertiary/aromatic N) is 2. The fourth-order valence-electron chi connectivity index (χ4n) is 0.691. The number of alkyl halides is 2. The second-order valence-corrected chi connectivity index (χ2v) is 4.15. The van der Waals surface area contributed by atoms with E-state index in [9.17, 15) is 0 Å². The van der Waals surface area contributed by atoms with Crippen LogP contribution in [0.3, 0.4) is 0 Å². The zero-order valence-corrected chi connectivity index (χ0v) is 8.34. The first-order chi connectivity index (χ1) is 5.22. The molecule has 0 aliphatic heterocycles. The third kappa shape index (κ3) is 2.71. The van der Waals surface area contributed by atoms with Gasteiger partial charge in [-0.3, -0.25) is 4.68 Å². The van der Waals surface area contributed by atoms with E-state index in [4.69, 9.17) is 16.3 Å². The van der Waals surface area contributed by atoms with E-state index in [2.05, 4.69) is 21.0 Å². The van der Waals surface area contributed by atoms with Crippen LogP contribution in [0.25, 0.3) is 0 Å². The molecule has 1 aromatic heterocycles. The van der Waals surface area contributed by atoms with Crippen molar-refractivity contribution in [2.75, 3.05) is 7.11 Å². The molecule has 0 saturated heterocycles. The summed E-state index contributed by atoms with van der Waals surface area (Å²) in [5.74, 6) is 0.745. The summed E-state index contributed by atoms with van der Waals surface area (Å²) in [4.78, 5) is 0. The molecule has 1 heterocycles. The lowest BCUT2D eigenvalue weighted by molar-refractivity contribution is 0.414. The largest absolute Gasteiger partial charge is 0.493 e. The van der Waals surface area contributed by atoms with E-state index in [0.717, 1.165) is 5.75 Å². The molecule has 0 aliphatic carbocycles. The molecule has 0 aromatic carbocycles. The molecule has 0 fully saturated rings. The van der Waals surface area contributed by atoms with Gasteiger partial charge in [0.15, 0.2) is 5.75 Å². The van der Waals surface area contributed by atoms with Crippen molar-refractivity contribution in [3.63, 3.8) is 0 Å². The monoisotopic (exact) mass is 238 g/mol. The number of hydrogen-bond acceptors (Lipinski definition) is 2. The summed E-state index contributed by atoms with van der Waals surface area (Å²) in [6.07, 6.45) is 3.43. The van der Waals surface area contributed by atoms with Gasteiger partial charge in [-0.25, -0.2) is 0 Å². The number of hydrogen-bond donors (Lipinski definition) is 0. The van der Waals surface area contributed by atoms with Gasteiger partial charge in [-0.05, 0) is 0 Å². The van der Waals surface area contributed by atoms with Gasteiger partial charge in [-0.2, -0.15) is 5.10 Å². The number of halogens is 2. The fourth-order valence-corrected chi connectivity index (χ4v) is 1.13. The predicted molar refractivity (Wildman–Crippen MR) is 47.3 cm³/mol. The molecule has 1 rings (SSSR count). The van der Waals surface area contributed by atoms with E-state index in [-0.39, 0.29) is 4.29 Å². The first-order valence-corrected chi connectivity index (χ1v) is 4.42. The highest BCUT2D eigenvalue weighted by Crippen LogP contribution is 2.11. The Balaban J connectivity index is 2.58. The van der Waals surface area contributed by atoms with Gasteiger partial charge in [0, 0.05) is 0 Å². The standard InChI is InChI=1S/C6H8BrClN2O/c1-11-5-2-9-10(3-5)4-6(7)8/h2-3,6H,4H2,1H3. The first kappa shape index (κ1) is 8.87. The summed E-state index contributed by atoms with van der Waals surface area (Å²) in [5, 5.41) is 4.00. The van der Waals surface area contributed by atoms with E-state index in [0.29, 0.717) is 6.54 Å². The molecule has 1 atom stereocenters. The van der Waals surface area contributed by atoms with Crippen molar-refractivity contribution in [3.05, 3.63) is 12.4 Å². The van der Waals surface area contributed by atoms with Crippen LogP contribution in [-0.2, 0) is 6.54 Å². The van der Waals surface area contributed by atoms with Crippen molar-refractivity contribution >= 4 is 27.5 Å². The molecule has 0 amide bonds. The summed E-state index contributed by atoms with van der Waals surface area (Å²) in [5.41, 5.74) is 0. The molecular formula is C6H8BrClN2O. The van der Waals surface area contributed by atoms with Crippen LogP contribution in [0.1, 0.15) is 0 Å². The van der Waals surface area contributed by atoms with Crippen LogP contribution in [0.15, 0.2) is 12.4 Å². The van der Waals surface area contributed by atoms with Crippen molar-refractivity contribution in [1.29, 1.82) is 0 Å². The Labute approximate surface area is 78.4 Å². The molecule has 11 heavy (non-hydrogen) atoms. The lowest BCUT2D eigenvalue weighted by Gasteiger charge is -1.99. The average molecular weight is 240 g/mol. The van der Waals surface area contributed by atoms with Crippen molar-refractivity contribution in [1.82, 2.24) is 9.78 Å². The fraction of sp³-hybridized carbons (Fsp3) is 0.500. The Morgan fingerprint density at radius 1 is 1.91 bits per heavy atom. The molecule has 0 radical (unpaired) electrons. The Morgan fingerprint density at radius 2 is 2.64 bits per heavy atom. The van der Waals surface area contributed by atoms with Crippen LogP contribution in [0.5, 0.6) is 5.75 Å². The quantitative estimate of drug-likeness (QED) is 0.753. The maximum absolute atomic E-state index is 5.68. The SMILES string of the molecule is COc1cnn(CC(Cl)Br)c1. The summed E-state index contributed by atoms with van der Waals surface area (Å²) in [6.45, 7) is 0.630. The highest BCUT2D eigenvalue weighted by atomic mass is 79.9.